The average Bonchev–Trinajstić information content (AvgIpc) is 2.99. The van der Waals surface area contributed by atoms with Gasteiger partial charge >= 0.3 is 5.97 Å². The van der Waals surface area contributed by atoms with Crippen LogP contribution in [0.25, 0.3) is 0 Å². The number of thiophene rings is 1. The van der Waals surface area contributed by atoms with Crippen LogP contribution in [0.3, 0.4) is 0 Å². The number of hydrogen-bond acceptors (Lipinski definition) is 4. The number of ether oxygens (including phenoxy) is 1. The number of nitrogens with one attached hydrogen (secondary N) is 1. The van der Waals surface area contributed by atoms with Gasteiger partial charge in [0.1, 0.15) is 10.6 Å². The van der Waals surface area contributed by atoms with Gasteiger partial charge in [-0.25, -0.2) is 4.79 Å². The first-order valence-electron chi connectivity index (χ1n) is 5.94. The molecule has 0 radical (unpaired) electrons. The maximum atomic E-state index is 11.6. The highest BCUT2D eigenvalue weighted by atomic mass is 32.1. The monoisotopic (exact) mass is 291 g/mol. The molecule has 0 aliphatic carbocycles. The fraction of sp³-hybridized carbons (Fsp3) is 0.143. The number of rotatable bonds is 5. The summed E-state index contributed by atoms with van der Waals surface area (Å²) in [5.41, 5.74) is 6.72. The summed E-state index contributed by atoms with van der Waals surface area (Å²) in [5, 5.41) is 4.27. The van der Waals surface area contributed by atoms with Crippen LogP contribution in [0.5, 0.6) is 5.75 Å². The second-order valence-corrected chi connectivity index (χ2v) is 4.93. The lowest BCUT2D eigenvalue weighted by atomic mass is 10.1. The van der Waals surface area contributed by atoms with Crippen LogP contribution in [0.15, 0.2) is 41.8 Å². The smallest absolute Gasteiger partial charge is 0.397 e. The van der Waals surface area contributed by atoms with Crippen LogP contribution < -0.4 is 15.6 Å². The van der Waals surface area contributed by atoms with Crippen molar-refractivity contribution in [3.63, 3.8) is 0 Å². The SMILES string of the molecule is COc1ccccc1CC(N)=[NH+]OC(=O)c1cccs1. The summed E-state index contributed by atoms with van der Waals surface area (Å²) in [6.07, 6.45) is 0.404. The van der Waals surface area contributed by atoms with Gasteiger partial charge in [-0.2, -0.15) is 0 Å². The maximum absolute atomic E-state index is 11.6. The van der Waals surface area contributed by atoms with Crippen LogP contribution in [-0.2, 0) is 11.3 Å². The highest BCUT2D eigenvalue weighted by Gasteiger charge is 2.12. The molecule has 0 aliphatic rings. The Labute approximate surface area is 120 Å². The molecule has 0 unspecified atom stereocenters. The summed E-state index contributed by atoms with van der Waals surface area (Å²) in [5.74, 6) is 0.615. The number of carbonyl (C=O) groups is 1. The van der Waals surface area contributed by atoms with Crippen molar-refractivity contribution >= 4 is 23.1 Å². The van der Waals surface area contributed by atoms with Gasteiger partial charge in [-0.3, -0.25) is 10.6 Å². The molecule has 0 aliphatic heterocycles. The predicted octanol–water partition coefficient (Wildman–Crippen LogP) is 0.509. The number of carbonyl (C=O) groups excluding carboxylic acids is 1. The summed E-state index contributed by atoms with van der Waals surface area (Å²) < 4.78 is 5.23. The van der Waals surface area contributed by atoms with E-state index in [1.165, 1.54) is 11.3 Å². The van der Waals surface area contributed by atoms with Gasteiger partial charge < -0.3 is 4.74 Å². The molecular weight excluding hydrogens is 276 g/mol. The molecule has 104 valence electrons. The van der Waals surface area contributed by atoms with E-state index >= 15 is 0 Å². The third-order valence-electron chi connectivity index (χ3n) is 2.57. The van der Waals surface area contributed by atoms with Crippen molar-refractivity contribution in [2.45, 2.75) is 6.42 Å². The van der Waals surface area contributed by atoms with Crippen LogP contribution in [0, 0.1) is 0 Å². The lowest BCUT2D eigenvalue weighted by Crippen LogP contribution is -2.75. The number of hydrogen-bond donors (Lipinski definition) is 2. The highest BCUT2D eigenvalue weighted by Crippen LogP contribution is 2.16. The molecule has 2 rings (SSSR count). The van der Waals surface area contributed by atoms with E-state index < -0.39 is 5.97 Å². The van der Waals surface area contributed by atoms with Crippen molar-refractivity contribution in [2.75, 3.05) is 7.11 Å². The summed E-state index contributed by atoms with van der Waals surface area (Å²) in [6, 6.07) is 11.0. The van der Waals surface area contributed by atoms with E-state index in [4.69, 9.17) is 15.3 Å². The van der Waals surface area contributed by atoms with E-state index in [0.29, 0.717) is 17.1 Å². The van der Waals surface area contributed by atoms with Crippen LogP contribution in [-0.4, -0.2) is 18.9 Å². The number of methoxy groups -OCH3 is 1. The van der Waals surface area contributed by atoms with Gasteiger partial charge in [0, 0.05) is 5.56 Å². The Morgan fingerprint density at radius 3 is 2.80 bits per heavy atom. The predicted molar refractivity (Wildman–Crippen MR) is 76.6 cm³/mol. The zero-order valence-electron chi connectivity index (χ0n) is 11.0. The molecule has 1 aromatic heterocycles. The van der Waals surface area contributed by atoms with Crippen molar-refractivity contribution in [1.29, 1.82) is 0 Å². The Morgan fingerprint density at radius 2 is 2.10 bits per heavy atom. The Kier molecular flexibility index (Phi) is 4.73. The molecule has 0 spiro atoms. The van der Waals surface area contributed by atoms with Gasteiger partial charge in [0.2, 0.25) is 0 Å². The fourth-order valence-corrected chi connectivity index (χ4v) is 2.25. The van der Waals surface area contributed by atoms with Gasteiger partial charge in [0.05, 0.1) is 13.5 Å². The Bertz CT molecular complexity index is 609. The van der Waals surface area contributed by atoms with E-state index in [2.05, 4.69) is 5.16 Å². The van der Waals surface area contributed by atoms with Gasteiger partial charge in [-0.15, -0.1) is 11.3 Å². The first-order valence-corrected chi connectivity index (χ1v) is 6.82. The van der Waals surface area contributed by atoms with Crippen LogP contribution >= 0.6 is 11.3 Å². The molecule has 0 fully saturated rings. The van der Waals surface area contributed by atoms with Gasteiger partial charge in [0.25, 0.3) is 5.84 Å². The molecule has 0 saturated heterocycles. The molecule has 3 N–H and O–H groups in total. The van der Waals surface area contributed by atoms with E-state index in [0.717, 1.165) is 11.3 Å². The zero-order chi connectivity index (χ0) is 14.4. The average molecular weight is 291 g/mol. The van der Waals surface area contributed by atoms with Crippen LogP contribution in [0.2, 0.25) is 0 Å². The summed E-state index contributed by atoms with van der Waals surface area (Å²) >= 11 is 1.31. The number of benzene rings is 1. The van der Waals surface area contributed by atoms with E-state index in [1.54, 1.807) is 24.6 Å². The molecule has 20 heavy (non-hydrogen) atoms. The molecule has 0 atom stereocenters. The Hall–Kier alpha value is -2.34. The molecule has 0 bridgehead atoms. The molecule has 1 heterocycles. The van der Waals surface area contributed by atoms with Crippen molar-refractivity contribution in [1.82, 2.24) is 0 Å². The molecule has 0 saturated carbocycles. The van der Waals surface area contributed by atoms with Crippen molar-refractivity contribution in [3.05, 3.63) is 52.2 Å². The third kappa shape index (κ3) is 3.58. The minimum Gasteiger partial charge on any atom is -0.496 e. The Morgan fingerprint density at radius 1 is 1.30 bits per heavy atom. The second kappa shape index (κ2) is 6.72. The van der Waals surface area contributed by atoms with E-state index in [-0.39, 0.29) is 0 Å². The molecule has 5 nitrogen and oxygen atoms in total. The number of nitrogens with two attached hydrogens (primary N) is 1. The molecule has 0 amide bonds. The fourth-order valence-electron chi connectivity index (χ4n) is 1.65. The summed E-state index contributed by atoms with van der Waals surface area (Å²) in [6.45, 7) is 0. The van der Waals surface area contributed by atoms with E-state index in [1.807, 2.05) is 24.3 Å². The van der Waals surface area contributed by atoms with Gasteiger partial charge in [0.15, 0.2) is 0 Å². The first kappa shape index (κ1) is 14.1. The lowest BCUT2D eigenvalue weighted by Gasteiger charge is -2.05. The lowest BCUT2D eigenvalue weighted by molar-refractivity contribution is -0.722. The van der Waals surface area contributed by atoms with Crippen LogP contribution in [0.4, 0.5) is 0 Å². The molecular formula is C14H15N2O3S+. The summed E-state index contributed by atoms with van der Waals surface area (Å²) in [7, 11) is 1.60. The summed E-state index contributed by atoms with van der Waals surface area (Å²) in [4.78, 5) is 17.0. The topological polar surface area (TPSA) is 75.5 Å². The normalized spacial score (nSPS) is 11.2. The van der Waals surface area contributed by atoms with Crippen molar-refractivity contribution < 1.29 is 19.5 Å². The van der Waals surface area contributed by atoms with Gasteiger partial charge in [-0.05, 0) is 17.5 Å². The number of amidine groups is 1. The maximum Gasteiger partial charge on any atom is 0.397 e. The first-order chi connectivity index (χ1) is 9.70. The highest BCUT2D eigenvalue weighted by molar-refractivity contribution is 7.11. The number of para-hydroxylation sites is 1. The van der Waals surface area contributed by atoms with Crippen LogP contribution in [0.1, 0.15) is 15.2 Å². The standard InChI is InChI=1S/C14H14N2O3S/c1-18-11-6-3-2-5-10(11)9-13(15)16-19-14(17)12-7-4-8-20-12/h2-8H,9H2,1H3,(H2,15,16)/p+1. The minimum absolute atomic E-state index is 0.333. The minimum atomic E-state index is -0.456. The third-order valence-corrected chi connectivity index (χ3v) is 3.42. The van der Waals surface area contributed by atoms with Crippen molar-refractivity contribution in [2.24, 2.45) is 5.73 Å². The quantitative estimate of drug-likeness (QED) is 0.364. The molecule has 6 heteroatoms. The Balaban J connectivity index is 1.99. The van der Waals surface area contributed by atoms with Gasteiger partial charge in [-0.1, -0.05) is 29.4 Å². The van der Waals surface area contributed by atoms with E-state index in [9.17, 15) is 4.79 Å². The second-order valence-electron chi connectivity index (χ2n) is 3.98. The van der Waals surface area contributed by atoms with Crippen molar-refractivity contribution in [3.8, 4) is 5.75 Å². The largest absolute Gasteiger partial charge is 0.496 e. The zero-order valence-corrected chi connectivity index (χ0v) is 11.8. The molecule has 1 aromatic carbocycles. The molecule has 2 aromatic rings.